The van der Waals surface area contributed by atoms with Crippen molar-refractivity contribution in [2.45, 2.75) is 162 Å². The molecule has 31 heteroatoms. The average molecular weight is 1380 g/mol. The van der Waals surface area contributed by atoms with E-state index in [4.69, 9.17) is 40.0 Å². The third-order valence-electron chi connectivity index (χ3n) is 16.8. The summed E-state index contributed by atoms with van der Waals surface area (Å²) in [6.07, 6.45) is -1.83. The van der Waals surface area contributed by atoms with Crippen molar-refractivity contribution in [1.82, 2.24) is 25.8 Å². The van der Waals surface area contributed by atoms with Gasteiger partial charge in [-0.05, 0) is 93.0 Å². The smallest absolute Gasteiger partial charge is 0.408 e. The van der Waals surface area contributed by atoms with Crippen LogP contribution >= 0.6 is 23.5 Å². The molecule has 3 aromatic carbocycles. The molecule has 4 fully saturated rings. The summed E-state index contributed by atoms with van der Waals surface area (Å²) in [5, 5.41) is 60.0. The Balaban J connectivity index is 0.000000381. The van der Waals surface area contributed by atoms with E-state index >= 15 is 0 Å². The Labute approximate surface area is 565 Å². The van der Waals surface area contributed by atoms with Crippen molar-refractivity contribution in [1.29, 1.82) is 0 Å². The summed E-state index contributed by atoms with van der Waals surface area (Å²) in [6.45, 7) is 17.1. The number of aliphatic hydroxyl groups excluding tert-OH is 2. The van der Waals surface area contributed by atoms with Gasteiger partial charge in [-0.3, -0.25) is 39.4 Å². The van der Waals surface area contributed by atoms with Crippen LogP contribution < -0.4 is 27.4 Å². The molecule has 14 atom stereocenters. The van der Waals surface area contributed by atoms with Gasteiger partial charge < -0.3 is 71.5 Å². The lowest BCUT2D eigenvalue weighted by atomic mass is 9.79. The van der Waals surface area contributed by atoms with E-state index in [1.165, 1.54) is 94.3 Å². The minimum Gasteiger partial charge on any atom is -0.477 e. The van der Waals surface area contributed by atoms with Gasteiger partial charge in [0.25, 0.3) is 11.4 Å². The summed E-state index contributed by atoms with van der Waals surface area (Å²) in [7, 11) is 0. The number of aliphatic carboxylic acids is 1. The predicted octanol–water partition coefficient (Wildman–Crippen LogP) is 5.97. The number of carboxylic acids is 1. The quantitative estimate of drug-likeness (QED) is 0.0178. The van der Waals surface area contributed by atoms with Gasteiger partial charge in [-0.25, -0.2) is 14.4 Å². The number of aryl methyl sites for hydroxylation is 1. The Morgan fingerprint density at radius 2 is 1.08 bits per heavy atom. The van der Waals surface area contributed by atoms with Crippen molar-refractivity contribution in [2.75, 3.05) is 32.0 Å². The summed E-state index contributed by atoms with van der Waals surface area (Å²) >= 11 is 2.78. The van der Waals surface area contributed by atoms with Crippen molar-refractivity contribution < 1.29 is 87.3 Å². The van der Waals surface area contributed by atoms with Gasteiger partial charge >= 0.3 is 24.2 Å². The lowest BCUT2D eigenvalue weighted by molar-refractivity contribution is -0.385. The number of carboxylic acid groups (broad SMARTS) is 1. The zero-order valence-electron chi connectivity index (χ0n) is 53.4. The molecular formula is C65H89N9O20S2. The van der Waals surface area contributed by atoms with Gasteiger partial charge in [-0.2, -0.15) is 9.59 Å². The summed E-state index contributed by atoms with van der Waals surface area (Å²) in [5.74, 6) is -5.41. The number of hydrogen-bond acceptors (Lipinski definition) is 23. The van der Waals surface area contributed by atoms with Crippen molar-refractivity contribution in [3.8, 4) is 0 Å². The molecule has 3 aromatic rings. The number of amides is 5. The number of aliphatic hydroxyl groups is 2. The predicted molar refractivity (Wildman–Crippen MR) is 354 cm³/mol. The number of nitro groups is 2. The molecule has 0 aromatic heterocycles. The Hall–Kier alpha value is -8.29. The Bertz CT molecular complexity index is 3320. The van der Waals surface area contributed by atoms with Crippen LogP contribution in [0.5, 0.6) is 0 Å². The number of thioether (sulfide) groups is 2. The van der Waals surface area contributed by atoms with E-state index in [1.54, 1.807) is 20.8 Å². The number of non-ortho nitro benzene ring substituents is 2. The number of esters is 1. The zero-order chi connectivity index (χ0) is 69.6. The molecule has 5 amide bonds. The summed E-state index contributed by atoms with van der Waals surface area (Å²) < 4.78 is 22.6. The number of alkyl carbamates (subject to hydrolysis) is 1. The number of carbonyl (C=O) groups excluding carboxylic acids is 8. The van der Waals surface area contributed by atoms with E-state index in [9.17, 15) is 69.1 Å². The molecule has 10 N–H and O–H groups in total. The van der Waals surface area contributed by atoms with E-state index in [1.807, 2.05) is 58.9 Å². The minimum absolute atomic E-state index is 0. The molecular weight excluding hydrogens is 1290 g/mol. The van der Waals surface area contributed by atoms with Crippen LogP contribution in [0.15, 0.2) is 94.0 Å². The first-order valence-electron chi connectivity index (χ1n) is 30.4. The van der Waals surface area contributed by atoms with Crippen LogP contribution in [0.2, 0.25) is 0 Å². The number of benzene rings is 3. The van der Waals surface area contributed by atoms with Crippen molar-refractivity contribution >= 4 is 88.4 Å². The number of nitrogen functional groups attached to an aromatic ring is 1. The molecule has 0 radical (unpaired) electrons. The highest BCUT2D eigenvalue weighted by molar-refractivity contribution is 8.04. The molecule has 526 valence electrons. The summed E-state index contributed by atoms with van der Waals surface area (Å²) in [5.41, 5.74) is 14.3. The highest BCUT2D eigenvalue weighted by Crippen LogP contribution is 2.54. The maximum absolute atomic E-state index is 13.6. The first-order chi connectivity index (χ1) is 44.4. The fraction of sp³-hybridized carbons (Fsp3) is 0.538. The molecule has 0 spiro atoms. The Kier molecular flexibility index (Phi) is 30.2. The van der Waals surface area contributed by atoms with Crippen molar-refractivity contribution in [3.63, 3.8) is 0 Å². The van der Waals surface area contributed by atoms with Gasteiger partial charge in [0.2, 0.25) is 23.6 Å². The first kappa shape index (κ1) is 80.1. The third kappa shape index (κ3) is 19.5. The molecule has 6 aliphatic rings. The van der Waals surface area contributed by atoms with E-state index < -0.39 is 82.1 Å². The topological polar surface area (TPSA) is 432 Å². The van der Waals surface area contributed by atoms with Crippen LogP contribution in [-0.4, -0.2) is 168 Å². The van der Waals surface area contributed by atoms with Crippen LogP contribution in [-0.2, 0) is 70.5 Å². The van der Waals surface area contributed by atoms with E-state index in [2.05, 4.69) is 16.0 Å². The number of nitrogens with one attached hydrogen (secondary N) is 3. The second-order valence-electron chi connectivity index (χ2n) is 24.1. The summed E-state index contributed by atoms with van der Waals surface area (Å²) in [6, 6.07) is 16.5. The van der Waals surface area contributed by atoms with Gasteiger partial charge in [0, 0.05) is 88.4 Å². The molecule has 0 aliphatic carbocycles. The van der Waals surface area contributed by atoms with Gasteiger partial charge in [-0.15, -0.1) is 23.5 Å². The van der Waals surface area contributed by atoms with Crippen LogP contribution in [0.3, 0.4) is 0 Å². The number of fused-ring (bicyclic) bond motifs is 2. The monoisotopic (exact) mass is 1380 g/mol. The molecule has 6 aliphatic heterocycles. The molecule has 0 bridgehead atoms. The molecule has 96 heavy (non-hydrogen) atoms. The normalized spacial score (nSPS) is 23.9. The van der Waals surface area contributed by atoms with Crippen molar-refractivity contribution in [2.24, 2.45) is 41.2 Å². The number of nitrogens with zero attached hydrogens (tertiary/aromatic N) is 4. The van der Waals surface area contributed by atoms with E-state index in [0.717, 1.165) is 5.69 Å². The molecule has 0 saturated carbocycles. The standard InChI is InChI=1S/C35H41N5O12S.C20H31N3O6S.C7H9N.CO2.2CH4/c1-18(2)28(37-35(45)52-17-22-7-11-24(12-8-22)40(48)49)32(42)36-15-25-26(13-14-50-25)53-31-19(3)29-27(20(4)41)33(43)38(29)30(31)34(44)51-16-21-5-9-23(10-6-21)39(46)47;1-8(2)14(21)18(25)22-7-11-12(5-6-29-11)30-17-9(3)15-13(10(4)24)19(26)23(15)16(17)20(27)28;1-6-2-4-7(8)5-3-6;2-1-3;;/h5-12,18-20,25-29,41H,13-17H2,1-4H3,(H,36,42)(H,37,45);8-15,24H,5-7,21H2,1-4H3,(H,22,25)(H,27,28);2-5H,8H2,1H3;;2*1H4/t19-,20-,25-,26-,27-,28+,29-;9-,10-,11-,12-,13-,14+,15-;;;;/m11..../s1. The second-order valence-corrected chi connectivity index (χ2v) is 26.6. The van der Waals surface area contributed by atoms with Gasteiger partial charge in [0.15, 0.2) is 0 Å². The zero-order valence-corrected chi connectivity index (χ0v) is 55.0. The number of carbonyl (C=O) groups is 7. The highest BCUT2D eigenvalue weighted by atomic mass is 32.2. The SMILES string of the molecule is C.C.CC(C)[C@H](N)C(=O)NC[C@H]1OCC[C@H]1SC1=C(C(=O)O)N2C(=O)[C@H]([C@@H](C)O)[C@H]2[C@H]1C.CC(C)[C@H](NC(=O)OCc1ccc([N+](=O)[O-])cc1)C(=O)NC[C@H]1OCC[C@H]1SC1=C(C(=O)OCc2ccc([N+](=O)[O-])cc2)N2C(=O)[C@H]([C@@H](C)O)[C@H]2[C@H]1C.Cc1ccc(N)cc1.O=C=O. The number of rotatable bonds is 23. The first-order valence-corrected chi connectivity index (χ1v) is 32.2. The third-order valence-corrected chi connectivity index (χ3v) is 20.1. The average Bonchev–Trinajstić information content (AvgIpc) is 1.55. The molecule has 0 unspecified atom stereocenters. The lowest BCUT2D eigenvalue weighted by Gasteiger charge is -2.46. The Morgan fingerprint density at radius 1 is 0.677 bits per heavy atom. The van der Waals surface area contributed by atoms with Crippen LogP contribution in [0.25, 0.3) is 0 Å². The highest BCUT2D eigenvalue weighted by Gasteiger charge is 2.62. The number of β-lactam (4-membered cyclic amide) rings is 2. The lowest BCUT2D eigenvalue weighted by Crippen LogP contribution is -2.63. The number of nitro benzene ring substituents is 2. The molecule has 29 nitrogen and oxygen atoms in total. The van der Waals surface area contributed by atoms with E-state index in [-0.39, 0.29) is 128 Å². The minimum atomic E-state index is -1.14. The molecule has 4 saturated heterocycles. The molecule has 9 rings (SSSR count). The number of nitrogens with two attached hydrogens (primary N) is 2. The van der Waals surface area contributed by atoms with Gasteiger partial charge in [-0.1, -0.05) is 74.1 Å². The number of hydrogen-bond donors (Lipinski definition) is 8. The maximum atomic E-state index is 13.6. The van der Waals surface area contributed by atoms with E-state index in [0.29, 0.717) is 53.5 Å². The maximum Gasteiger partial charge on any atom is 0.408 e. The second kappa shape index (κ2) is 36.2. The van der Waals surface area contributed by atoms with Crippen LogP contribution in [0.1, 0.15) is 99.8 Å². The van der Waals surface area contributed by atoms with Crippen LogP contribution in [0, 0.1) is 62.7 Å². The fourth-order valence-corrected chi connectivity index (χ4v) is 14.6. The Morgan fingerprint density at radius 3 is 1.47 bits per heavy atom. The summed E-state index contributed by atoms with van der Waals surface area (Å²) in [4.78, 5) is 130. The van der Waals surface area contributed by atoms with Crippen molar-refractivity contribution in [3.05, 3.63) is 131 Å². The van der Waals surface area contributed by atoms with Gasteiger partial charge in [0.1, 0.15) is 30.6 Å². The number of ether oxygens (including phenoxy) is 4. The van der Waals surface area contributed by atoms with Crippen LogP contribution in [0.4, 0.5) is 21.9 Å². The fourth-order valence-electron chi connectivity index (χ4n) is 11.6. The largest absolute Gasteiger partial charge is 0.477 e. The van der Waals surface area contributed by atoms with Gasteiger partial charge in [0.05, 0.1) is 64.2 Å². The molecule has 6 heterocycles. The number of anilines is 1.